The van der Waals surface area contributed by atoms with Gasteiger partial charge in [-0.15, -0.1) is 0 Å². The first-order valence-electron chi connectivity index (χ1n) is 6.67. The van der Waals surface area contributed by atoms with E-state index in [1.165, 1.54) is 30.3 Å². The molecule has 1 aliphatic rings. The third-order valence-electron chi connectivity index (χ3n) is 3.22. The molecule has 24 heavy (non-hydrogen) atoms. The van der Waals surface area contributed by atoms with Crippen molar-refractivity contribution in [3.63, 3.8) is 0 Å². The number of rotatable bonds is 3. The number of benzene rings is 2. The minimum Gasteiger partial charge on any atom is -0.402 e. The number of carbonyl (C=O) groups excluding carboxylic acids is 1. The quantitative estimate of drug-likeness (QED) is 0.353. The zero-order valence-corrected chi connectivity index (χ0v) is 13.4. The van der Waals surface area contributed by atoms with Gasteiger partial charge in [0.15, 0.2) is 5.70 Å². The fourth-order valence-corrected chi connectivity index (χ4v) is 2.40. The lowest BCUT2D eigenvalue weighted by Gasteiger charge is -2.00. The molecule has 1 heterocycles. The van der Waals surface area contributed by atoms with Gasteiger partial charge in [0, 0.05) is 17.7 Å². The molecule has 120 valence electrons. The van der Waals surface area contributed by atoms with Gasteiger partial charge in [0.1, 0.15) is 0 Å². The molecule has 1 aliphatic heterocycles. The minimum absolute atomic E-state index is 0.0625. The highest BCUT2D eigenvalue weighted by atomic mass is 35.5. The summed E-state index contributed by atoms with van der Waals surface area (Å²) in [5.74, 6) is -0.571. The molecule has 0 unspecified atom stereocenters. The number of ether oxygens (including phenoxy) is 1. The van der Waals surface area contributed by atoms with Crippen LogP contribution >= 0.6 is 23.2 Å². The first-order valence-corrected chi connectivity index (χ1v) is 7.42. The third-order valence-corrected chi connectivity index (χ3v) is 4.05. The number of non-ortho nitro benzene ring substituents is 1. The van der Waals surface area contributed by atoms with E-state index in [9.17, 15) is 14.9 Å². The third kappa shape index (κ3) is 3.15. The maximum atomic E-state index is 11.9. The predicted octanol–water partition coefficient (Wildman–Crippen LogP) is 4.25. The largest absolute Gasteiger partial charge is 0.402 e. The monoisotopic (exact) mass is 362 g/mol. The smallest absolute Gasteiger partial charge is 0.363 e. The Balaban J connectivity index is 1.94. The van der Waals surface area contributed by atoms with E-state index in [2.05, 4.69) is 4.99 Å². The van der Waals surface area contributed by atoms with E-state index in [4.69, 9.17) is 27.9 Å². The second-order valence-electron chi connectivity index (χ2n) is 4.78. The van der Waals surface area contributed by atoms with Gasteiger partial charge in [-0.1, -0.05) is 35.3 Å². The molecule has 0 saturated heterocycles. The Bertz CT molecular complexity index is 905. The van der Waals surface area contributed by atoms with Crippen molar-refractivity contribution in [1.82, 2.24) is 0 Å². The Kier molecular flexibility index (Phi) is 4.33. The minimum atomic E-state index is -0.639. The maximum Gasteiger partial charge on any atom is 0.363 e. The highest BCUT2D eigenvalue weighted by Gasteiger charge is 2.25. The Morgan fingerprint density at radius 1 is 1.12 bits per heavy atom. The van der Waals surface area contributed by atoms with Crippen molar-refractivity contribution in [2.24, 2.45) is 4.99 Å². The van der Waals surface area contributed by atoms with Crippen LogP contribution in [0.15, 0.2) is 53.2 Å². The zero-order valence-electron chi connectivity index (χ0n) is 11.9. The summed E-state index contributed by atoms with van der Waals surface area (Å²) < 4.78 is 5.10. The zero-order chi connectivity index (χ0) is 17.3. The molecular weight excluding hydrogens is 355 g/mol. The molecule has 0 bridgehead atoms. The summed E-state index contributed by atoms with van der Waals surface area (Å²) in [5, 5.41) is 11.3. The maximum absolute atomic E-state index is 11.9. The van der Waals surface area contributed by atoms with E-state index in [-0.39, 0.29) is 17.3 Å². The van der Waals surface area contributed by atoms with Crippen molar-refractivity contribution in [3.8, 4) is 0 Å². The van der Waals surface area contributed by atoms with E-state index in [1.54, 1.807) is 18.2 Å². The van der Waals surface area contributed by atoms with Crippen molar-refractivity contribution in [2.75, 3.05) is 0 Å². The number of nitro benzene ring substituents is 1. The molecule has 6 nitrogen and oxygen atoms in total. The van der Waals surface area contributed by atoms with Gasteiger partial charge in [-0.25, -0.2) is 9.79 Å². The van der Waals surface area contributed by atoms with Crippen LogP contribution in [0.2, 0.25) is 10.0 Å². The van der Waals surface area contributed by atoms with E-state index in [0.29, 0.717) is 21.2 Å². The number of cyclic esters (lactones) is 1. The summed E-state index contributed by atoms with van der Waals surface area (Å²) in [7, 11) is 0. The van der Waals surface area contributed by atoms with Crippen LogP contribution < -0.4 is 0 Å². The number of nitrogens with zero attached hydrogens (tertiary/aromatic N) is 2. The van der Waals surface area contributed by atoms with Gasteiger partial charge in [0.2, 0.25) is 5.90 Å². The molecule has 0 saturated carbocycles. The second kappa shape index (κ2) is 6.43. The van der Waals surface area contributed by atoms with Crippen LogP contribution in [0.25, 0.3) is 6.08 Å². The Morgan fingerprint density at radius 3 is 2.50 bits per heavy atom. The average molecular weight is 363 g/mol. The number of hydrogen-bond acceptors (Lipinski definition) is 5. The van der Waals surface area contributed by atoms with E-state index >= 15 is 0 Å². The lowest BCUT2D eigenvalue weighted by atomic mass is 10.2. The molecule has 0 fully saturated rings. The van der Waals surface area contributed by atoms with E-state index < -0.39 is 10.9 Å². The Morgan fingerprint density at radius 2 is 1.83 bits per heavy atom. The summed E-state index contributed by atoms with van der Waals surface area (Å²) >= 11 is 12.0. The number of hydrogen-bond donors (Lipinski definition) is 0. The topological polar surface area (TPSA) is 81.8 Å². The lowest BCUT2D eigenvalue weighted by molar-refractivity contribution is -0.384. The molecule has 8 heteroatoms. The van der Waals surface area contributed by atoms with Gasteiger partial charge in [0.05, 0.1) is 15.0 Å². The van der Waals surface area contributed by atoms with Crippen molar-refractivity contribution in [1.29, 1.82) is 0 Å². The number of nitro groups is 1. The highest BCUT2D eigenvalue weighted by molar-refractivity contribution is 6.43. The Labute approximate surface area is 146 Å². The summed E-state index contributed by atoms with van der Waals surface area (Å²) in [4.78, 5) is 26.2. The highest BCUT2D eigenvalue weighted by Crippen LogP contribution is 2.29. The van der Waals surface area contributed by atoms with Crippen LogP contribution in [-0.2, 0) is 9.53 Å². The average Bonchev–Trinajstić information content (AvgIpc) is 2.93. The molecular formula is C16H8Cl2N2O4. The standard InChI is InChI=1S/C16H8Cl2N2O4/c17-12-3-1-2-10(14(12)18)8-13-16(21)24-15(19-13)9-4-6-11(7-5-9)20(22)23/h1-8H. The molecule has 0 spiro atoms. The molecule has 2 aromatic rings. The molecule has 0 amide bonds. The van der Waals surface area contributed by atoms with Crippen LogP contribution in [0.1, 0.15) is 11.1 Å². The van der Waals surface area contributed by atoms with Gasteiger partial charge >= 0.3 is 5.97 Å². The molecule has 0 aromatic heterocycles. The van der Waals surface area contributed by atoms with Crippen LogP contribution in [-0.4, -0.2) is 16.8 Å². The van der Waals surface area contributed by atoms with Gasteiger partial charge in [-0.3, -0.25) is 10.1 Å². The van der Waals surface area contributed by atoms with Gasteiger partial charge in [-0.05, 0) is 29.8 Å². The summed E-state index contributed by atoms with van der Waals surface area (Å²) in [6, 6.07) is 10.5. The van der Waals surface area contributed by atoms with Gasteiger partial charge in [0.25, 0.3) is 5.69 Å². The fourth-order valence-electron chi connectivity index (χ4n) is 2.04. The Hall–Kier alpha value is -2.70. The predicted molar refractivity (Wildman–Crippen MR) is 90.2 cm³/mol. The van der Waals surface area contributed by atoms with Gasteiger partial charge in [-0.2, -0.15) is 0 Å². The van der Waals surface area contributed by atoms with E-state index in [0.717, 1.165) is 0 Å². The molecule has 0 aliphatic carbocycles. The summed E-state index contributed by atoms with van der Waals surface area (Å²) in [6.07, 6.45) is 1.47. The number of esters is 1. The number of carbonyl (C=O) groups is 1. The first-order chi connectivity index (χ1) is 11.5. The first kappa shape index (κ1) is 16.2. The van der Waals surface area contributed by atoms with Crippen molar-refractivity contribution < 1.29 is 14.5 Å². The molecule has 2 aromatic carbocycles. The number of halogens is 2. The van der Waals surface area contributed by atoms with Crippen LogP contribution in [0, 0.1) is 10.1 Å². The lowest BCUT2D eigenvalue weighted by Crippen LogP contribution is -2.05. The van der Waals surface area contributed by atoms with Crippen LogP contribution in [0.3, 0.4) is 0 Å². The molecule has 0 atom stereocenters. The van der Waals surface area contributed by atoms with E-state index in [1.807, 2.05) is 0 Å². The number of aliphatic imine (C=N–C) groups is 1. The SMILES string of the molecule is O=C1OC(c2ccc([N+](=O)[O-])cc2)=NC1=Cc1cccc(Cl)c1Cl. The summed E-state index contributed by atoms with van der Waals surface area (Å²) in [5.41, 5.74) is 0.983. The normalized spacial score (nSPS) is 15.3. The van der Waals surface area contributed by atoms with Crippen molar-refractivity contribution in [3.05, 3.63) is 79.4 Å². The fraction of sp³-hybridized carbons (Fsp3) is 0. The van der Waals surface area contributed by atoms with Crippen LogP contribution in [0.4, 0.5) is 5.69 Å². The molecule has 0 N–H and O–H groups in total. The molecule has 3 rings (SSSR count). The van der Waals surface area contributed by atoms with Crippen molar-refractivity contribution in [2.45, 2.75) is 0 Å². The van der Waals surface area contributed by atoms with Crippen molar-refractivity contribution >= 4 is 46.8 Å². The van der Waals surface area contributed by atoms with Gasteiger partial charge < -0.3 is 4.74 Å². The molecule has 0 radical (unpaired) electrons. The summed E-state index contributed by atoms with van der Waals surface area (Å²) in [6.45, 7) is 0. The van der Waals surface area contributed by atoms with Crippen LogP contribution in [0.5, 0.6) is 0 Å². The second-order valence-corrected chi connectivity index (χ2v) is 5.57.